The number of carbonyl (C=O) groups is 6. The van der Waals surface area contributed by atoms with Crippen molar-refractivity contribution in [1.82, 2.24) is 36.6 Å². The van der Waals surface area contributed by atoms with Crippen molar-refractivity contribution in [3.8, 4) is 0 Å². The zero-order chi connectivity index (χ0) is 39.2. The maximum Gasteiger partial charge on any atom is 0.338 e. The average Bonchev–Trinajstić information content (AvgIpc) is 3.58. The van der Waals surface area contributed by atoms with Crippen LogP contribution in [-0.4, -0.2) is 112 Å². The number of carbonyl (C=O) groups excluding carboxylic acids is 5. The van der Waals surface area contributed by atoms with Crippen LogP contribution in [0.1, 0.15) is 71.4 Å². The van der Waals surface area contributed by atoms with E-state index in [4.69, 9.17) is 22.9 Å². The summed E-state index contributed by atoms with van der Waals surface area (Å²) < 4.78 is 0. The van der Waals surface area contributed by atoms with E-state index in [0.717, 1.165) is 0 Å². The third kappa shape index (κ3) is 18.5. The van der Waals surface area contributed by atoms with E-state index in [1.54, 1.807) is 13.8 Å². The van der Waals surface area contributed by atoms with Crippen LogP contribution in [0.2, 0.25) is 0 Å². The summed E-state index contributed by atoms with van der Waals surface area (Å²) in [6.45, 7) is 5.65. The summed E-state index contributed by atoms with van der Waals surface area (Å²) in [5.74, 6) is -4.54. The lowest BCUT2D eigenvalue weighted by molar-refractivity contribution is -0.463. The maximum atomic E-state index is 13.8. The van der Waals surface area contributed by atoms with E-state index in [0.29, 0.717) is 50.9 Å². The summed E-state index contributed by atoms with van der Waals surface area (Å²) in [5.41, 5.74) is 26.2. The molecular weight excluding hydrogens is 680 g/mol. The molecule has 21 heteroatoms. The first-order valence-electron chi connectivity index (χ1n) is 17.2. The minimum Gasteiger partial charge on any atom is -0.480 e. The molecule has 5 atom stereocenters. The Hall–Kier alpha value is -5.47. The summed E-state index contributed by atoms with van der Waals surface area (Å²) in [5, 5.41) is 22.9. The van der Waals surface area contributed by atoms with Gasteiger partial charge in [0, 0.05) is 38.2 Å². The van der Waals surface area contributed by atoms with Crippen LogP contribution < -0.4 is 65.2 Å². The van der Waals surface area contributed by atoms with Gasteiger partial charge >= 0.3 is 17.9 Å². The number of aromatic amines is 1. The fourth-order valence-corrected chi connectivity index (χ4v) is 4.95. The molecule has 1 rings (SSSR count). The second kappa shape index (κ2) is 23.8. The van der Waals surface area contributed by atoms with Crippen LogP contribution in [-0.2, 0) is 35.2 Å². The van der Waals surface area contributed by atoms with Gasteiger partial charge in [-0.05, 0) is 44.4 Å². The molecule has 20 N–H and O–H groups in total. The van der Waals surface area contributed by atoms with Crippen molar-refractivity contribution in [2.75, 3.05) is 19.6 Å². The Labute approximate surface area is 302 Å². The highest BCUT2D eigenvalue weighted by Gasteiger charge is 2.33. The summed E-state index contributed by atoms with van der Waals surface area (Å²) in [4.78, 5) is 89.6. The van der Waals surface area contributed by atoms with Gasteiger partial charge in [0.2, 0.25) is 23.6 Å². The lowest BCUT2D eigenvalue weighted by atomic mass is 10.0. The van der Waals surface area contributed by atoms with Gasteiger partial charge in [-0.2, -0.15) is 0 Å². The molecule has 292 valence electrons. The molecule has 0 unspecified atom stereocenters. The Morgan fingerprint density at radius 2 is 1.31 bits per heavy atom. The molecule has 0 aliphatic carbocycles. The van der Waals surface area contributed by atoms with Gasteiger partial charge in [0.1, 0.15) is 24.2 Å². The average molecular weight is 740 g/mol. The molecule has 1 heterocycles. The van der Waals surface area contributed by atoms with Gasteiger partial charge in [-0.25, -0.2) is 9.78 Å². The van der Waals surface area contributed by atoms with Gasteiger partial charge in [-0.15, -0.1) is 0 Å². The van der Waals surface area contributed by atoms with Crippen LogP contribution in [0.15, 0.2) is 12.5 Å². The Morgan fingerprint density at radius 1 is 0.788 bits per heavy atom. The molecule has 0 bridgehead atoms. The Bertz CT molecular complexity index is 1360. The number of nitrogens with one attached hydrogen (secondary N) is 8. The predicted octanol–water partition coefficient (Wildman–Crippen LogP) is -8.18. The van der Waals surface area contributed by atoms with Gasteiger partial charge in [0.05, 0.1) is 19.4 Å². The van der Waals surface area contributed by atoms with Crippen LogP contribution in [0.5, 0.6) is 0 Å². The highest BCUT2D eigenvalue weighted by molar-refractivity contribution is 5.95. The number of imidazole rings is 1. The van der Waals surface area contributed by atoms with Crippen molar-refractivity contribution >= 4 is 47.4 Å². The second-order valence-corrected chi connectivity index (χ2v) is 12.8. The molecule has 21 nitrogen and oxygen atoms in total. The number of hydrogen-bond donors (Lipinski definition) is 14. The zero-order valence-electron chi connectivity index (χ0n) is 30.3. The second-order valence-electron chi connectivity index (χ2n) is 12.8. The molecule has 0 spiro atoms. The van der Waals surface area contributed by atoms with Crippen molar-refractivity contribution in [3.63, 3.8) is 0 Å². The van der Waals surface area contributed by atoms with Gasteiger partial charge in [-0.3, -0.25) is 56.9 Å². The topological polar surface area (TPSA) is 371 Å². The number of nitrogens with zero attached hydrogens (tertiary/aromatic N) is 1. The lowest BCUT2D eigenvalue weighted by Gasteiger charge is -2.27. The zero-order valence-corrected chi connectivity index (χ0v) is 30.3. The van der Waals surface area contributed by atoms with Crippen LogP contribution in [0.3, 0.4) is 0 Å². The Balaban J connectivity index is 3.27. The van der Waals surface area contributed by atoms with Crippen molar-refractivity contribution in [2.24, 2.45) is 28.9 Å². The number of quaternary nitrogens is 1. The van der Waals surface area contributed by atoms with Crippen LogP contribution >= 0.6 is 0 Å². The van der Waals surface area contributed by atoms with E-state index in [9.17, 15) is 33.9 Å². The van der Waals surface area contributed by atoms with Gasteiger partial charge in [0.25, 0.3) is 5.91 Å². The van der Waals surface area contributed by atoms with E-state index < -0.39 is 65.7 Å². The third-order valence-corrected chi connectivity index (χ3v) is 7.83. The fourth-order valence-electron chi connectivity index (χ4n) is 4.95. The maximum absolute atomic E-state index is 13.8. The minimum absolute atomic E-state index is 0.00415. The molecule has 1 aromatic heterocycles. The van der Waals surface area contributed by atoms with Crippen LogP contribution in [0.25, 0.3) is 0 Å². The molecule has 52 heavy (non-hydrogen) atoms. The number of hydrogen-bond acceptors (Lipinski definition) is 7. The standard InChI is InChI=1S/C31H56N14O7/c1-17(2)24(29(51)52)45-27(49)21(9-4-5-11-38-18(3)46)42-26(48)22(10-7-13-40-31(35)36)43-28(50)23(14-19-15-37-16-41-19)44-25(47)20(32)8-6-12-39-30(33)34/h15-17,20-24H,4-14,32H2,1-3H3,(H,37,41)(H,38,46)(H,42,48)(H,43,50)(H,44,47)(H,45,49)(H,51,52)(H4,33,34,39)(H4,35,36,40)/p+3/t20-,21-,22-,23-,24-/m0/s1. The fraction of sp³-hybridized carbons (Fsp3) is 0.645. The number of aliphatic carboxylic acids is 1. The highest BCUT2D eigenvalue weighted by Crippen LogP contribution is 2.09. The Morgan fingerprint density at radius 3 is 1.81 bits per heavy atom. The highest BCUT2D eigenvalue weighted by atomic mass is 16.4. The van der Waals surface area contributed by atoms with E-state index >= 15 is 0 Å². The number of nitrogens with two attached hydrogens (primary N) is 4. The number of unbranched alkanes of at least 4 members (excludes halogenated alkanes) is 1. The molecule has 0 aliphatic rings. The number of carboxylic acids is 1. The molecule has 0 radical (unpaired) electrons. The van der Waals surface area contributed by atoms with Crippen LogP contribution in [0, 0.1) is 5.92 Å². The number of aromatic nitrogens is 2. The molecule has 0 saturated heterocycles. The summed E-state index contributed by atoms with van der Waals surface area (Å²) >= 11 is 0. The lowest BCUT2D eigenvalue weighted by Crippen LogP contribution is -2.78. The molecule has 5 amide bonds. The number of carboxylic acid groups (broad SMARTS) is 1. The van der Waals surface area contributed by atoms with E-state index in [1.165, 1.54) is 19.4 Å². The van der Waals surface area contributed by atoms with Crippen molar-refractivity contribution in [2.45, 2.75) is 102 Å². The predicted molar refractivity (Wildman–Crippen MR) is 189 cm³/mol. The van der Waals surface area contributed by atoms with Crippen molar-refractivity contribution < 1.29 is 49.6 Å². The number of guanidine groups is 2. The first-order chi connectivity index (χ1) is 24.5. The molecule has 0 saturated carbocycles. The molecule has 0 fully saturated rings. The number of H-pyrrole nitrogens is 1. The first kappa shape index (κ1) is 44.6. The van der Waals surface area contributed by atoms with Gasteiger partial charge in [0.15, 0.2) is 6.04 Å². The molecule has 0 aromatic carbocycles. The van der Waals surface area contributed by atoms with E-state index in [-0.39, 0.29) is 43.6 Å². The largest absolute Gasteiger partial charge is 0.480 e. The third-order valence-electron chi connectivity index (χ3n) is 7.83. The first-order valence-corrected chi connectivity index (χ1v) is 17.2. The normalized spacial score (nSPS) is 13.7. The molecular formula is C31H59N14O7+3. The number of rotatable bonds is 25. The molecule has 1 aromatic rings. The van der Waals surface area contributed by atoms with Crippen LogP contribution in [0.4, 0.5) is 0 Å². The van der Waals surface area contributed by atoms with Gasteiger partial charge in [-0.1, -0.05) is 13.8 Å². The van der Waals surface area contributed by atoms with Crippen molar-refractivity contribution in [1.29, 1.82) is 0 Å². The summed E-state index contributed by atoms with van der Waals surface area (Å²) in [7, 11) is 0. The van der Waals surface area contributed by atoms with E-state index in [2.05, 4.69) is 52.3 Å². The SMILES string of the molecule is CC(=O)NCCCC[C@H](NC(=O)[C@H](CCC[NH+]=C(N)N)NC(=O)[C@H](Cc1cnc[nH]1)NC(=O)[C@@H]([NH3+])CCC[NH+]=C(N)N)C(=O)N[C@H](C(=O)O)C(C)C. The van der Waals surface area contributed by atoms with Gasteiger partial charge < -0.3 is 42.4 Å². The quantitative estimate of drug-likeness (QED) is 0.0253. The smallest absolute Gasteiger partial charge is 0.338 e. The van der Waals surface area contributed by atoms with E-state index in [1.807, 2.05) is 0 Å². The molecule has 0 aliphatic heterocycles. The Kier molecular flexibility index (Phi) is 20.4. The minimum atomic E-state index is -1.24. The monoisotopic (exact) mass is 739 g/mol. The number of amides is 5. The summed E-state index contributed by atoms with van der Waals surface area (Å²) in [6, 6.07) is -5.48. The van der Waals surface area contributed by atoms with Crippen molar-refractivity contribution in [3.05, 3.63) is 18.2 Å². The summed E-state index contributed by atoms with van der Waals surface area (Å²) in [6.07, 6.45) is 5.14.